The Morgan fingerprint density at radius 2 is 2.12 bits per heavy atom. The number of nitrogens with zero attached hydrogens (tertiary/aromatic N) is 3. The molecule has 124 valence electrons. The van der Waals surface area contributed by atoms with Crippen LogP contribution in [-0.4, -0.2) is 26.4 Å². The van der Waals surface area contributed by atoms with E-state index >= 15 is 0 Å². The minimum Gasteiger partial charge on any atom is -0.325 e. The highest BCUT2D eigenvalue weighted by Gasteiger charge is 2.13. The Hall–Kier alpha value is -1.54. The highest BCUT2D eigenvalue weighted by Crippen LogP contribution is 2.27. The van der Waals surface area contributed by atoms with Crippen LogP contribution in [0.2, 0.25) is 10.0 Å². The summed E-state index contributed by atoms with van der Waals surface area (Å²) in [5.41, 5.74) is 0.604. The number of hydrogen-bond acceptors (Lipinski definition) is 5. The van der Waals surface area contributed by atoms with Gasteiger partial charge in [0.15, 0.2) is 11.0 Å². The van der Waals surface area contributed by atoms with E-state index < -0.39 is 0 Å². The molecule has 2 aromatic heterocycles. The lowest BCUT2D eigenvalue weighted by Crippen LogP contribution is -2.14. The predicted molar refractivity (Wildman–Crippen MR) is 100 cm³/mol. The summed E-state index contributed by atoms with van der Waals surface area (Å²) in [6.07, 6.45) is 0. The number of thiophene rings is 1. The molecule has 9 heteroatoms. The maximum Gasteiger partial charge on any atom is 0.234 e. The van der Waals surface area contributed by atoms with E-state index in [9.17, 15) is 4.79 Å². The number of hydrogen-bond donors (Lipinski definition) is 1. The van der Waals surface area contributed by atoms with Crippen molar-refractivity contribution in [2.75, 3.05) is 11.1 Å². The van der Waals surface area contributed by atoms with Crippen molar-refractivity contribution in [3.05, 3.63) is 45.8 Å². The average molecular weight is 399 g/mol. The van der Waals surface area contributed by atoms with Crippen LogP contribution in [0.3, 0.4) is 0 Å². The monoisotopic (exact) mass is 398 g/mol. The number of carbonyl (C=O) groups is 1. The predicted octanol–water partition coefficient (Wildman–Crippen LogP) is 4.58. The number of amides is 1. The van der Waals surface area contributed by atoms with E-state index in [0.29, 0.717) is 20.9 Å². The van der Waals surface area contributed by atoms with Crippen LogP contribution in [0, 0.1) is 0 Å². The molecule has 1 amide bonds. The summed E-state index contributed by atoms with van der Waals surface area (Å²) in [4.78, 5) is 13.1. The van der Waals surface area contributed by atoms with Crippen LogP contribution in [0.25, 0.3) is 10.7 Å². The molecule has 5 nitrogen and oxygen atoms in total. The quantitative estimate of drug-likeness (QED) is 0.638. The first-order valence-electron chi connectivity index (χ1n) is 6.85. The zero-order valence-corrected chi connectivity index (χ0v) is 15.6. The van der Waals surface area contributed by atoms with Gasteiger partial charge in [-0.05, 0) is 29.6 Å². The van der Waals surface area contributed by atoms with Gasteiger partial charge in [-0.25, -0.2) is 0 Å². The summed E-state index contributed by atoms with van der Waals surface area (Å²) < 4.78 is 1.88. The van der Waals surface area contributed by atoms with Gasteiger partial charge in [-0.2, -0.15) is 0 Å². The molecule has 3 rings (SSSR count). The molecule has 1 aromatic carbocycles. The zero-order chi connectivity index (χ0) is 17.1. The molecule has 0 fully saturated rings. The fourth-order valence-corrected chi connectivity index (χ4v) is 3.72. The number of nitrogens with one attached hydrogen (secondary N) is 1. The minimum atomic E-state index is -0.154. The highest BCUT2D eigenvalue weighted by atomic mass is 35.5. The van der Waals surface area contributed by atoms with Crippen molar-refractivity contribution >= 4 is 57.9 Å². The van der Waals surface area contributed by atoms with Crippen LogP contribution in [-0.2, 0) is 11.8 Å². The molecule has 0 aliphatic rings. The van der Waals surface area contributed by atoms with Crippen LogP contribution < -0.4 is 5.32 Å². The van der Waals surface area contributed by atoms with Crippen LogP contribution in [0.15, 0.2) is 40.9 Å². The molecule has 0 bridgehead atoms. The van der Waals surface area contributed by atoms with Crippen LogP contribution >= 0.6 is 46.3 Å². The Balaban J connectivity index is 1.61. The molecule has 0 saturated carbocycles. The van der Waals surface area contributed by atoms with E-state index in [1.165, 1.54) is 11.8 Å². The Bertz CT molecular complexity index is 864. The standard InChI is InChI=1S/C15H12Cl2N4OS2/c1-21-14(12-3-2-6-23-12)19-20-15(21)24-8-13(22)18-9-4-5-10(16)11(17)7-9/h2-7H,8H2,1H3,(H,18,22). The largest absolute Gasteiger partial charge is 0.325 e. The maximum atomic E-state index is 12.1. The first-order chi connectivity index (χ1) is 11.5. The number of anilines is 1. The number of thioether (sulfide) groups is 1. The molecular weight excluding hydrogens is 387 g/mol. The lowest BCUT2D eigenvalue weighted by atomic mass is 10.3. The Kier molecular flexibility index (Phi) is 5.45. The first kappa shape index (κ1) is 17.3. The van der Waals surface area contributed by atoms with Gasteiger partial charge in [-0.3, -0.25) is 4.79 Å². The molecule has 0 spiro atoms. The van der Waals surface area contributed by atoms with Crippen molar-refractivity contribution in [3.63, 3.8) is 0 Å². The van der Waals surface area contributed by atoms with Crippen molar-refractivity contribution in [1.82, 2.24) is 14.8 Å². The number of halogens is 2. The third-order valence-corrected chi connectivity index (χ3v) is 5.74. The van der Waals surface area contributed by atoms with Crippen molar-refractivity contribution < 1.29 is 4.79 Å². The Labute approximate surface area is 157 Å². The fraction of sp³-hybridized carbons (Fsp3) is 0.133. The van der Waals surface area contributed by atoms with Crippen molar-refractivity contribution in [1.29, 1.82) is 0 Å². The van der Waals surface area contributed by atoms with Gasteiger partial charge in [0.2, 0.25) is 5.91 Å². The number of rotatable bonds is 5. The number of aromatic nitrogens is 3. The molecular formula is C15H12Cl2N4OS2. The summed E-state index contributed by atoms with van der Waals surface area (Å²) in [7, 11) is 1.88. The maximum absolute atomic E-state index is 12.1. The first-order valence-corrected chi connectivity index (χ1v) is 9.47. The van der Waals surface area contributed by atoms with Gasteiger partial charge in [0, 0.05) is 12.7 Å². The molecule has 1 N–H and O–H groups in total. The summed E-state index contributed by atoms with van der Waals surface area (Å²) >= 11 is 14.7. The van der Waals surface area contributed by atoms with Gasteiger partial charge < -0.3 is 9.88 Å². The topological polar surface area (TPSA) is 59.8 Å². The summed E-state index contributed by atoms with van der Waals surface area (Å²) in [6, 6.07) is 8.91. The summed E-state index contributed by atoms with van der Waals surface area (Å²) in [6.45, 7) is 0. The van der Waals surface area contributed by atoms with Crippen LogP contribution in [0.4, 0.5) is 5.69 Å². The molecule has 0 unspecified atom stereocenters. The second-order valence-corrected chi connectivity index (χ2v) is 7.51. The van der Waals surface area contributed by atoms with Crippen LogP contribution in [0.5, 0.6) is 0 Å². The second-order valence-electron chi connectivity index (χ2n) is 4.81. The smallest absolute Gasteiger partial charge is 0.234 e. The van der Waals surface area contributed by atoms with Crippen LogP contribution in [0.1, 0.15) is 0 Å². The van der Waals surface area contributed by atoms with Gasteiger partial charge in [0.05, 0.1) is 20.7 Å². The molecule has 0 atom stereocenters. The fourth-order valence-electron chi connectivity index (χ4n) is 1.96. The molecule has 0 aliphatic heterocycles. The van der Waals surface area contributed by atoms with Crippen molar-refractivity contribution in [3.8, 4) is 10.7 Å². The van der Waals surface area contributed by atoms with E-state index in [2.05, 4.69) is 15.5 Å². The van der Waals surface area contributed by atoms with Gasteiger partial charge in [0.1, 0.15) is 0 Å². The third kappa shape index (κ3) is 3.92. The number of benzene rings is 1. The van der Waals surface area contributed by atoms with Gasteiger partial charge in [-0.15, -0.1) is 21.5 Å². The Morgan fingerprint density at radius 1 is 1.29 bits per heavy atom. The highest BCUT2D eigenvalue weighted by molar-refractivity contribution is 7.99. The SMILES string of the molecule is Cn1c(SCC(=O)Nc2ccc(Cl)c(Cl)c2)nnc1-c1cccs1. The average Bonchev–Trinajstić information content (AvgIpc) is 3.19. The van der Waals surface area contributed by atoms with Gasteiger partial charge in [0.25, 0.3) is 0 Å². The minimum absolute atomic E-state index is 0.154. The molecule has 2 heterocycles. The van der Waals surface area contributed by atoms with E-state index in [1.807, 2.05) is 29.1 Å². The van der Waals surface area contributed by atoms with Crippen molar-refractivity contribution in [2.45, 2.75) is 5.16 Å². The lowest BCUT2D eigenvalue weighted by molar-refractivity contribution is -0.113. The lowest BCUT2D eigenvalue weighted by Gasteiger charge is -2.06. The third-order valence-electron chi connectivity index (χ3n) is 3.11. The second kappa shape index (κ2) is 7.57. The molecule has 3 aromatic rings. The molecule has 24 heavy (non-hydrogen) atoms. The molecule has 0 saturated heterocycles. The Morgan fingerprint density at radius 3 is 2.83 bits per heavy atom. The van der Waals surface area contributed by atoms with Crippen molar-refractivity contribution in [2.24, 2.45) is 7.05 Å². The van der Waals surface area contributed by atoms with E-state index in [4.69, 9.17) is 23.2 Å². The number of carbonyl (C=O) groups excluding carboxylic acids is 1. The van der Waals surface area contributed by atoms with E-state index in [-0.39, 0.29) is 11.7 Å². The van der Waals surface area contributed by atoms with E-state index in [0.717, 1.165) is 10.7 Å². The normalized spacial score (nSPS) is 10.8. The van der Waals surface area contributed by atoms with E-state index in [1.54, 1.807) is 29.5 Å². The molecule has 0 radical (unpaired) electrons. The summed E-state index contributed by atoms with van der Waals surface area (Å²) in [5, 5.41) is 14.6. The van der Waals surface area contributed by atoms with Gasteiger partial charge in [-0.1, -0.05) is 41.0 Å². The molecule has 0 aliphatic carbocycles. The summed E-state index contributed by atoms with van der Waals surface area (Å²) in [5.74, 6) is 0.855. The van der Waals surface area contributed by atoms with Gasteiger partial charge >= 0.3 is 0 Å². The zero-order valence-electron chi connectivity index (χ0n) is 12.5.